The van der Waals surface area contributed by atoms with E-state index in [1.807, 2.05) is 0 Å². The Kier molecular flexibility index (Phi) is 8.97. The summed E-state index contributed by atoms with van der Waals surface area (Å²) in [7, 11) is 0. The lowest BCUT2D eigenvalue weighted by Gasteiger charge is -2.42. The van der Waals surface area contributed by atoms with E-state index in [-0.39, 0.29) is 0 Å². The first-order chi connectivity index (χ1) is 15.2. The van der Waals surface area contributed by atoms with Crippen LogP contribution in [0.3, 0.4) is 0 Å². The molecule has 1 atom stereocenters. The fourth-order valence-electron chi connectivity index (χ4n) is 4.38. The summed E-state index contributed by atoms with van der Waals surface area (Å²) in [6.45, 7) is 21.7. The highest BCUT2D eigenvalue weighted by molar-refractivity contribution is 5.68. The van der Waals surface area contributed by atoms with E-state index in [0.717, 1.165) is 25.0 Å². The van der Waals surface area contributed by atoms with Crippen molar-refractivity contribution in [2.75, 3.05) is 4.90 Å². The number of benzene rings is 2. The van der Waals surface area contributed by atoms with E-state index in [9.17, 15) is 0 Å². The smallest absolute Gasteiger partial charge is 0.107 e. The summed E-state index contributed by atoms with van der Waals surface area (Å²) in [6.07, 6.45) is 12.6. The Labute approximate surface area is 197 Å². The molecule has 0 N–H and O–H groups in total. The molecular weight excluding hydrogens is 386 g/mol. The molecule has 0 aromatic heterocycles. The molecule has 2 rings (SSSR count). The second-order valence-electron chi connectivity index (χ2n) is 9.28. The van der Waals surface area contributed by atoms with Crippen molar-refractivity contribution in [3.8, 4) is 12.3 Å². The topological polar surface area (TPSA) is 3.24 Å². The van der Waals surface area contributed by atoms with Gasteiger partial charge >= 0.3 is 0 Å². The van der Waals surface area contributed by atoms with Gasteiger partial charge in [0.15, 0.2) is 0 Å². The lowest BCUT2D eigenvalue weighted by molar-refractivity contribution is 0.557. The van der Waals surface area contributed by atoms with Crippen LogP contribution in [0.2, 0.25) is 0 Å². The number of hydrogen-bond donors (Lipinski definition) is 0. The predicted molar refractivity (Wildman–Crippen MR) is 143 cm³/mol. The average Bonchev–Trinajstić information content (AvgIpc) is 2.79. The molecular formula is C31H41N. The van der Waals surface area contributed by atoms with E-state index in [0.29, 0.717) is 0 Å². The molecule has 0 aliphatic heterocycles. The van der Waals surface area contributed by atoms with E-state index >= 15 is 0 Å². The van der Waals surface area contributed by atoms with Gasteiger partial charge in [0.25, 0.3) is 0 Å². The molecule has 0 bridgehead atoms. The van der Waals surface area contributed by atoms with E-state index in [4.69, 9.17) is 6.42 Å². The Balaban J connectivity index is 2.38. The molecule has 0 aliphatic rings. The zero-order valence-corrected chi connectivity index (χ0v) is 21.1. The fourth-order valence-corrected chi connectivity index (χ4v) is 4.38. The minimum Gasteiger partial charge on any atom is -0.328 e. The molecule has 1 unspecified atom stereocenters. The van der Waals surface area contributed by atoms with E-state index in [1.165, 1.54) is 58.3 Å². The maximum absolute atomic E-state index is 6.22. The van der Waals surface area contributed by atoms with Gasteiger partial charge in [0.05, 0.1) is 0 Å². The number of unbranched alkanes of at least 4 members (excludes halogenated alkanes) is 2. The standard InChI is InChI=1S/C31H41N/c1-10-13-14-15-24(5)29-20-18-28(19-21-29)22-31(9,12-3)32(26(7)11-2)30-25(6)17-16-23(4)27(30)8/h3,16-21H,5,7,10-11,13-15,22H2,1-2,4,6,8-9H3. The van der Waals surface area contributed by atoms with Crippen LogP contribution in [0, 0.1) is 33.1 Å². The van der Waals surface area contributed by atoms with E-state index in [1.54, 1.807) is 0 Å². The molecule has 2 aromatic carbocycles. The van der Waals surface area contributed by atoms with Gasteiger partial charge in [-0.25, -0.2) is 0 Å². The number of hydrogen-bond acceptors (Lipinski definition) is 1. The molecule has 0 amide bonds. The molecule has 2 aromatic rings. The first-order valence-electron chi connectivity index (χ1n) is 12.0. The lowest BCUT2D eigenvalue weighted by atomic mass is 9.87. The molecule has 0 heterocycles. The molecule has 1 nitrogen and oxygen atoms in total. The van der Waals surface area contributed by atoms with Gasteiger partial charge in [0, 0.05) is 17.8 Å². The highest BCUT2D eigenvalue weighted by atomic mass is 15.2. The van der Waals surface area contributed by atoms with Gasteiger partial charge in [0.2, 0.25) is 0 Å². The third-order valence-corrected chi connectivity index (χ3v) is 6.65. The van der Waals surface area contributed by atoms with E-state index < -0.39 is 5.54 Å². The second kappa shape index (κ2) is 11.2. The van der Waals surface area contributed by atoms with Crippen LogP contribution in [0.25, 0.3) is 5.57 Å². The van der Waals surface area contributed by atoms with Crippen molar-refractivity contribution in [3.05, 3.63) is 83.1 Å². The largest absolute Gasteiger partial charge is 0.328 e. The normalized spacial score (nSPS) is 12.7. The van der Waals surface area contributed by atoms with Crippen LogP contribution in [-0.4, -0.2) is 5.54 Å². The van der Waals surface area contributed by atoms with Gasteiger partial charge in [-0.3, -0.25) is 0 Å². The number of rotatable bonds is 11. The van der Waals surface area contributed by atoms with Gasteiger partial charge in [-0.15, -0.1) is 6.42 Å². The minimum absolute atomic E-state index is 0.518. The Morgan fingerprint density at radius 2 is 1.59 bits per heavy atom. The molecule has 0 fully saturated rings. The van der Waals surface area contributed by atoms with Crippen molar-refractivity contribution in [2.45, 2.75) is 85.6 Å². The maximum atomic E-state index is 6.22. The zero-order chi connectivity index (χ0) is 23.9. The number of allylic oxidation sites excluding steroid dienone is 2. The van der Waals surface area contributed by atoms with Gasteiger partial charge in [-0.05, 0) is 80.3 Å². The van der Waals surface area contributed by atoms with Gasteiger partial charge in [0.1, 0.15) is 5.54 Å². The predicted octanol–water partition coefficient (Wildman–Crippen LogP) is 8.57. The first-order valence-corrected chi connectivity index (χ1v) is 12.0. The van der Waals surface area contributed by atoms with E-state index in [2.05, 4.69) is 102 Å². The van der Waals surface area contributed by atoms with Crippen molar-refractivity contribution in [1.82, 2.24) is 0 Å². The number of nitrogens with zero attached hydrogens (tertiary/aromatic N) is 1. The summed E-state index contributed by atoms with van der Waals surface area (Å²) in [5.74, 6) is 3.13. The Bertz CT molecular complexity index is 986. The van der Waals surface area contributed by atoms with Gasteiger partial charge < -0.3 is 4.90 Å². The molecule has 170 valence electrons. The summed E-state index contributed by atoms with van der Waals surface area (Å²) in [5.41, 5.74) is 9.15. The van der Waals surface area contributed by atoms with Crippen molar-refractivity contribution in [2.24, 2.45) is 0 Å². The summed E-state index contributed by atoms with van der Waals surface area (Å²) in [5, 5.41) is 0. The summed E-state index contributed by atoms with van der Waals surface area (Å²) in [6, 6.07) is 13.2. The van der Waals surface area contributed by atoms with Crippen LogP contribution >= 0.6 is 0 Å². The third-order valence-electron chi connectivity index (χ3n) is 6.65. The van der Waals surface area contributed by atoms with Crippen molar-refractivity contribution in [3.63, 3.8) is 0 Å². The van der Waals surface area contributed by atoms with Crippen molar-refractivity contribution < 1.29 is 0 Å². The summed E-state index contributed by atoms with van der Waals surface area (Å²) >= 11 is 0. The van der Waals surface area contributed by atoms with Crippen LogP contribution in [-0.2, 0) is 6.42 Å². The Morgan fingerprint density at radius 3 is 2.16 bits per heavy atom. The van der Waals surface area contributed by atoms with Crippen molar-refractivity contribution >= 4 is 11.3 Å². The van der Waals surface area contributed by atoms with Crippen LogP contribution in [0.15, 0.2) is 55.3 Å². The Morgan fingerprint density at radius 1 is 0.969 bits per heavy atom. The highest BCUT2D eigenvalue weighted by Crippen LogP contribution is 2.37. The average molecular weight is 428 g/mol. The number of terminal acetylenes is 1. The molecule has 0 aliphatic carbocycles. The molecule has 1 heteroatoms. The first kappa shape index (κ1) is 25.5. The van der Waals surface area contributed by atoms with Crippen LogP contribution < -0.4 is 4.90 Å². The quantitative estimate of drug-likeness (QED) is 0.256. The SMILES string of the molecule is C#CC(C)(Cc1ccc(C(=C)CCCCC)cc1)N(C(=C)CC)c1c(C)ccc(C)c1C. The molecule has 0 radical (unpaired) electrons. The monoisotopic (exact) mass is 427 g/mol. The number of anilines is 1. The lowest BCUT2D eigenvalue weighted by Crippen LogP contribution is -2.47. The summed E-state index contributed by atoms with van der Waals surface area (Å²) in [4.78, 5) is 2.31. The number of aryl methyl sites for hydroxylation is 2. The molecule has 32 heavy (non-hydrogen) atoms. The van der Waals surface area contributed by atoms with Crippen molar-refractivity contribution in [1.29, 1.82) is 0 Å². The molecule has 0 spiro atoms. The molecule has 0 saturated carbocycles. The second-order valence-corrected chi connectivity index (χ2v) is 9.28. The van der Waals surface area contributed by atoms with Gasteiger partial charge in [-0.2, -0.15) is 0 Å². The Hall–Kier alpha value is -2.72. The minimum atomic E-state index is -0.518. The third kappa shape index (κ3) is 5.74. The maximum Gasteiger partial charge on any atom is 0.107 e. The fraction of sp³-hybridized carbons (Fsp3) is 0.419. The summed E-state index contributed by atoms with van der Waals surface area (Å²) < 4.78 is 0. The van der Waals surface area contributed by atoms with Crippen LogP contribution in [0.4, 0.5) is 5.69 Å². The van der Waals surface area contributed by atoms with Crippen LogP contribution in [0.1, 0.15) is 80.7 Å². The molecule has 0 saturated heterocycles. The highest BCUT2D eigenvalue weighted by Gasteiger charge is 2.34. The zero-order valence-electron chi connectivity index (χ0n) is 21.1. The van der Waals surface area contributed by atoms with Crippen LogP contribution in [0.5, 0.6) is 0 Å². The van der Waals surface area contributed by atoms with Gasteiger partial charge in [-0.1, -0.05) is 82.2 Å².